The maximum Gasteiger partial charge on any atom is 0.351 e. The molecule has 1 heterocycles. The lowest BCUT2D eigenvalue weighted by atomic mass is 10.1. The number of carbonyl (C=O) groups is 1. The second-order valence-electron chi connectivity index (χ2n) is 3.52. The molecule has 0 saturated heterocycles. The number of carboxylic acids is 1. The van der Waals surface area contributed by atoms with Gasteiger partial charge < -0.3 is 14.6 Å². The summed E-state index contributed by atoms with van der Waals surface area (Å²) in [7, 11) is 0. The first-order valence-corrected chi connectivity index (χ1v) is 4.74. The number of rotatable bonds is 1. The van der Waals surface area contributed by atoms with Crippen LogP contribution >= 0.6 is 11.6 Å². The van der Waals surface area contributed by atoms with Gasteiger partial charge >= 0.3 is 5.97 Å². The molecule has 1 aromatic rings. The van der Waals surface area contributed by atoms with E-state index in [0.717, 1.165) is 0 Å². The molecule has 4 nitrogen and oxygen atoms in total. The molecule has 1 atom stereocenters. The van der Waals surface area contributed by atoms with Crippen LogP contribution in [0, 0.1) is 0 Å². The summed E-state index contributed by atoms with van der Waals surface area (Å²) in [6, 6.07) is 4.85. The van der Waals surface area contributed by atoms with E-state index >= 15 is 0 Å². The van der Waals surface area contributed by atoms with Gasteiger partial charge in [0.2, 0.25) is 5.60 Å². The molecule has 0 bridgehead atoms. The van der Waals surface area contributed by atoms with Crippen molar-refractivity contribution in [1.82, 2.24) is 0 Å². The van der Waals surface area contributed by atoms with Crippen LogP contribution in [-0.4, -0.2) is 23.3 Å². The highest BCUT2D eigenvalue weighted by atomic mass is 35.5. The van der Waals surface area contributed by atoms with Crippen molar-refractivity contribution in [2.45, 2.75) is 12.5 Å². The van der Waals surface area contributed by atoms with E-state index in [9.17, 15) is 4.79 Å². The van der Waals surface area contributed by atoms with Gasteiger partial charge in [-0.2, -0.15) is 0 Å². The van der Waals surface area contributed by atoms with Crippen LogP contribution in [-0.2, 0) is 4.79 Å². The summed E-state index contributed by atoms with van der Waals surface area (Å²) in [4.78, 5) is 10.9. The first-order valence-electron chi connectivity index (χ1n) is 4.36. The van der Waals surface area contributed by atoms with Crippen molar-refractivity contribution in [2.75, 3.05) is 6.61 Å². The molecule has 0 aliphatic carbocycles. The van der Waals surface area contributed by atoms with Crippen molar-refractivity contribution in [3.63, 3.8) is 0 Å². The van der Waals surface area contributed by atoms with E-state index in [4.69, 9.17) is 26.2 Å². The van der Waals surface area contributed by atoms with Crippen molar-refractivity contribution in [3.05, 3.63) is 23.2 Å². The lowest BCUT2D eigenvalue weighted by Gasteiger charge is -2.31. The summed E-state index contributed by atoms with van der Waals surface area (Å²) in [6.07, 6.45) is 0. The average molecular weight is 229 g/mol. The Morgan fingerprint density at radius 3 is 2.93 bits per heavy atom. The van der Waals surface area contributed by atoms with Gasteiger partial charge in [-0.05, 0) is 19.1 Å². The maximum absolute atomic E-state index is 10.9. The molecule has 0 radical (unpaired) electrons. The average Bonchev–Trinajstić information content (AvgIpc) is 2.16. The monoisotopic (exact) mass is 228 g/mol. The zero-order valence-corrected chi connectivity index (χ0v) is 8.75. The normalized spacial score (nSPS) is 23.6. The Balaban J connectivity index is 2.37. The molecule has 0 fully saturated rings. The molecule has 0 saturated carbocycles. The van der Waals surface area contributed by atoms with E-state index in [2.05, 4.69) is 0 Å². The number of hydrogen-bond donors (Lipinski definition) is 1. The Labute approximate surface area is 91.4 Å². The Morgan fingerprint density at radius 1 is 1.53 bits per heavy atom. The van der Waals surface area contributed by atoms with Gasteiger partial charge in [0.05, 0.1) is 0 Å². The predicted octanol–water partition coefficient (Wildman–Crippen LogP) is 1.95. The fourth-order valence-electron chi connectivity index (χ4n) is 1.27. The summed E-state index contributed by atoms with van der Waals surface area (Å²) in [5.74, 6) is -0.190. The highest BCUT2D eigenvalue weighted by molar-refractivity contribution is 6.30. The van der Waals surface area contributed by atoms with Crippen molar-refractivity contribution in [3.8, 4) is 11.5 Å². The molecule has 1 aromatic carbocycles. The molecule has 1 aliphatic heterocycles. The second kappa shape index (κ2) is 3.31. The molecule has 1 unspecified atom stereocenters. The molecular weight excluding hydrogens is 220 g/mol. The highest BCUT2D eigenvalue weighted by Gasteiger charge is 2.40. The summed E-state index contributed by atoms with van der Waals surface area (Å²) >= 11 is 5.77. The lowest BCUT2D eigenvalue weighted by molar-refractivity contribution is -0.158. The number of halogens is 1. The Morgan fingerprint density at radius 2 is 2.27 bits per heavy atom. The first kappa shape index (κ1) is 10.1. The molecule has 15 heavy (non-hydrogen) atoms. The van der Waals surface area contributed by atoms with E-state index in [0.29, 0.717) is 16.5 Å². The number of carboxylic acid groups (broad SMARTS) is 1. The fourth-order valence-corrected chi connectivity index (χ4v) is 1.44. The molecule has 2 rings (SSSR count). The van der Waals surface area contributed by atoms with Gasteiger partial charge in [-0.3, -0.25) is 0 Å². The van der Waals surface area contributed by atoms with Crippen LogP contribution in [0.1, 0.15) is 6.92 Å². The second-order valence-corrected chi connectivity index (χ2v) is 3.95. The third-order valence-electron chi connectivity index (χ3n) is 2.20. The van der Waals surface area contributed by atoms with E-state index in [-0.39, 0.29) is 6.61 Å². The SMILES string of the molecule is CC1(C(=O)O)COc2ccc(Cl)cc2O1. The highest BCUT2D eigenvalue weighted by Crippen LogP contribution is 2.37. The molecule has 1 aliphatic rings. The van der Waals surface area contributed by atoms with E-state index in [1.54, 1.807) is 12.1 Å². The van der Waals surface area contributed by atoms with Crippen LogP contribution in [0.5, 0.6) is 11.5 Å². The van der Waals surface area contributed by atoms with Crippen molar-refractivity contribution in [2.24, 2.45) is 0 Å². The van der Waals surface area contributed by atoms with Gasteiger partial charge in [-0.15, -0.1) is 0 Å². The van der Waals surface area contributed by atoms with Gasteiger partial charge in [0.25, 0.3) is 0 Å². The number of benzene rings is 1. The summed E-state index contributed by atoms with van der Waals surface area (Å²) in [5.41, 5.74) is -1.35. The maximum atomic E-state index is 10.9. The quantitative estimate of drug-likeness (QED) is 0.798. The third kappa shape index (κ3) is 1.72. The molecular formula is C10H9ClO4. The molecule has 5 heteroatoms. The first-order chi connectivity index (χ1) is 7.01. The number of aliphatic carboxylic acids is 1. The predicted molar refractivity (Wildman–Crippen MR) is 53.6 cm³/mol. The Bertz CT molecular complexity index is 418. The summed E-state index contributed by atoms with van der Waals surface area (Å²) < 4.78 is 10.6. The van der Waals surface area contributed by atoms with Crippen LogP contribution < -0.4 is 9.47 Å². The zero-order valence-electron chi connectivity index (χ0n) is 7.99. The topological polar surface area (TPSA) is 55.8 Å². The van der Waals surface area contributed by atoms with Crippen LogP contribution in [0.3, 0.4) is 0 Å². The number of ether oxygens (including phenoxy) is 2. The van der Waals surface area contributed by atoms with Crippen LogP contribution in [0.15, 0.2) is 18.2 Å². The van der Waals surface area contributed by atoms with E-state index in [1.165, 1.54) is 13.0 Å². The summed E-state index contributed by atoms with van der Waals surface area (Å²) in [5, 5.41) is 9.43. The van der Waals surface area contributed by atoms with E-state index < -0.39 is 11.6 Å². The smallest absolute Gasteiger partial charge is 0.351 e. The van der Waals surface area contributed by atoms with Gasteiger partial charge in [-0.25, -0.2) is 4.79 Å². The molecule has 1 N–H and O–H groups in total. The third-order valence-corrected chi connectivity index (χ3v) is 2.43. The van der Waals surface area contributed by atoms with Gasteiger partial charge in [0.1, 0.15) is 6.61 Å². The minimum absolute atomic E-state index is 0.0169. The van der Waals surface area contributed by atoms with Gasteiger partial charge in [0, 0.05) is 11.1 Å². The van der Waals surface area contributed by atoms with Crippen molar-refractivity contribution >= 4 is 17.6 Å². The van der Waals surface area contributed by atoms with Crippen molar-refractivity contribution in [1.29, 1.82) is 0 Å². The van der Waals surface area contributed by atoms with Crippen LogP contribution in [0.4, 0.5) is 0 Å². The Hall–Kier alpha value is -1.42. The minimum atomic E-state index is -1.35. The molecule has 0 spiro atoms. The largest absolute Gasteiger partial charge is 0.485 e. The lowest BCUT2D eigenvalue weighted by Crippen LogP contribution is -2.49. The minimum Gasteiger partial charge on any atom is -0.485 e. The van der Waals surface area contributed by atoms with Crippen molar-refractivity contribution < 1.29 is 19.4 Å². The number of fused-ring (bicyclic) bond motifs is 1. The number of hydrogen-bond acceptors (Lipinski definition) is 3. The van der Waals surface area contributed by atoms with Crippen LogP contribution in [0.25, 0.3) is 0 Å². The Kier molecular flexibility index (Phi) is 2.23. The van der Waals surface area contributed by atoms with Gasteiger partial charge in [-0.1, -0.05) is 11.6 Å². The van der Waals surface area contributed by atoms with E-state index in [1.807, 2.05) is 0 Å². The zero-order chi connectivity index (χ0) is 11.1. The summed E-state index contributed by atoms with van der Waals surface area (Å²) in [6.45, 7) is 1.44. The molecule has 0 aromatic heterocycles. The molecule has 80 valence electrons. The molecule has 0 amide bonds. The standard InChI is InChI=1S/C10H9ClO4/c1-10(9(12)13)5-14-7-3-2-6(11)4-8(7)15-10/h2-4H,5H2,1H3,(H,12,13). The van der Waals surface area contributed by atoms with Crippen LogP contribution in [0.2, 0.25) is 5.02 Å². The van der Waals surface area contributed by atoms with Gasteiger partial charge in [0.15, 0.2) is 11.5 Å². The fraction of sp³-hybridized carbons (Fsp3) is 0.300.